The lowest BCUT2D eigenvalue weighted by Crippen LogP contribution is -2.44. The number of aliphatic hydroxyl groups is 1. The second kappa shape index (κ2) is 4.07. The van der Waals surface area contributed by atoms with E-state index in [1.165, 1.54) is 0 Å². The van der Waals surface area contributed by atoms with Crippen LogP contribution in [0.5, 0.6) is 0 Å². The minimum absolute atomic E-state index is 0.00778. The van der Waals surface area contributed by atoms with Crippen molar-refractivity contribution in [2.24, 2.45) is 11.7 Å². The van der Waals surface area contributed by atoms with Crippen molar-refractivity contribution in [1.82, 2.24) is 4.90 Å². The van der Waals surface area contributed by atoms with Gasteiger partial charge in [0.15, 0.2) is 0 Å². The summed E-state index contributed by atoms with van der Waals surface area (Å²) in [6.07, 6.45) is 1.58. The van der Waals surface area contributed by atoms with E-state index >= 15 is 0 Å². The van der Waals surface area contributed by atoms with Gasteiger partial charge in [0.2, 0.25) is 5.91 Å². The fourth-order valence-electron chi connectivity index (χ4n) is 1.78. The zero-order valence-corrected chi connectivity index (χ0v) is 8.23. The average molecular weight is 186 g/mol. The van der Waals surface area contributed by atoms with Crippen LogP contribution in [0.1, 0.15) is 19.3 Å². The summed E-state index contributed by atoms with van der Waals surface area (Å²) in [6.45, 7) is 0. The van der Waals surface area contributed by atoms with Crippen LogP contribution in [0.2, 0.25) is 0 Å². The third-order valence-corrected chi connectivity index (χ3v) is 2.65. The first kappa shape index (κ1) is 10.5. The van der Waals surface area contributed by atoms with Gasteiger partial charge in [0, 0.05) is 26.1 Å². The van der Waals surface area contributed by atoms with Crippen molar-refractivity contribution in [2.75, 3.05) is 14.1 Å². The molecule has 0 radical (unpaired) electrons. The second-order valence-electron chi connectivity index (χ2n) is 3.97. The molecule has 1 amide bonds. The molecule has 1 rings (SSSR count). The summed E-state index contributed by atoms with van der Waals surface area (Å²) in [4.78, 5) is 13.1. The quantitative estimate of drug-likeness (QED) is 0.583. The van der Waals surface area contributed by atoms with Gasteiger partial charge in [-0.2, -0.15) is 0 Å². The Bertz CT molecular complexity index is 194. The number of rotatable bonds is 1. The van der Waals surface area contributed by atoms with Crippen molar-refractivity contribution >= 4 is 5.91 Å². The summed E-state index contributed by atoms with van der Waals surface area (Å²) in [7, 11) is 3.50. The molecule has 0 aromatic heterocycles. The Morgan fingerprint density at radius 1 is 1.46 bits per heavy atom. The Balaban J connectivity index is 2.50. The second-order valence-corrected chi connectivity index (χ2v) is 3.97. The van der Waals surface area contributed by atoms with Crippen LogP contribution in [0, 0.1) is 5.92 Å². The maximum atomic E-state index is 11.5. The van der Waals surface area contributed by atoms with Gasteiger partial charge in [-0.1, -0.05) is 0 Å². The van der Waals surface area contributed by atoms with Gasteiger partial charge in [-0.15, -0.1) is 0 Å². The Kier molecular flexibility index (Phi) is 3.27. The molecule has 1 aliphatic carbocycles. The standard InChI is InChI=1S/C9H18N2O2/c1-11(2)9(13)6-3-4-8(12)7(10)5-6/h6-8,12H,3-5,10H2,1-2H3/t6-,7+,8+/m0/s1. The van der Waals surface area contributed by atoms with E-state index in [9.17, 15) is 9.90 Å². The average Bonchev–Trinajstić information content (AvgIpc) is 2.08. The fraction of sp³-hybridized carbons (Fsp3) is 0.889. The van der Waals surface area contributed by atoms with Gasteiger partial charge in [0.25, 0.3) is 0 Å². The molecule has 3 atom stereocenters. The van der Waals surface area contributed by atoms with Crippen molar-refractivity contribution in [3.63, 3.8) is 0 Å². The highest BCUT2D eigenvalue weighted by atomic mass is 16.3. The number of nitrogens with zero attached hydrogens (tertiary/aromatic N) is 1. The summed E-state index contributed by atoms with van der Waals surface area (Å²) in [5, 5.41) is 9.37. The zero-order valence-electron chi connectivity index (χ0n) is 8.23. The van der Waals surface area contributed by atoms with Crippen molar-refractivity contribution in [1.29, 1.82) is 0 Å². The van der Waals surface area contributed by atoms with E-state index in [-0.39, 0.29) is 17.9 Å². The number of hydrogen-bond acceptors (Lipinski definition) is 3. The van der Waals surface area contributed by atoms with E-state index < -0.39 is 6.10 Å². The van der Waals surface area contributed by atoms with Crippen LogP contribution < -0.4 is 5.73 Å². The molecule has 4 nitrogen and oxygen atoms in total. The molecule has 3 N–H and O–H groups in total. The largest absolute Gasteiger partial charge is 0.392 e. The molecule has 4 heteroatoms. The summed E-state index contributed by atoms with van der Waals surface area (Å²) >= 11 is 0. The number of amides is 1. The molecule has 0 bridgehead atoms. The third kappa shape index (κ3) is 2.42. The van der Waals surface area contributed by atoms with Gasteiger partial charge in [-0.05, 0) is 19.3 Å². The molecule has 0 aliphatic heterocycles. The summed E-state index contributed by atoms with van der Waals surface area (Å²) < 4.78 is 0. The Labute approximate surface area is 78.7 Å². The van der Waals surface area contributed by atoms with E-state index in [0.717, 1.165) is 6.42 Å². The van der Waals surface area contributed by atoms with Crippen molar-refractivity contribution in [3.05, 3.63) is 0 Å². The Morgan fingerprint density at radius 2 is 2.08 bits per heavy atom. The lowest BCUT2D eigenvalue weighted by Gasteiger charge is -2.31. The molecule has 0 saturated heterocycles. The Hall–Kier alpha value is -0.610. The van der Waals surface area contributed by atoms with E-state index in [1.54, 1.807) is 19.0 Å². The molecule has 0 aromatic carbocycles. The lowest BCUT2D eigenvalue weighted by atomic mass is 9.83. The monoisotopic (exact) mass is 186 g/mol. The van der Waals surface area contributed by atoms with Gasteiger partial charge in [0.05, 0.1) is 6.10 Å². The molecular formula is C9H18N2O2. The highest BCUT2D eigenvalue weighted by Gasteiger charge is 2.31. The highest BCUT2D eigenvalue weighted by molar-refractivity contribution is 5.78. The van der Waals surface area contributed by atoms with Gasteiger partial charge in [0.1, 0.15) is 0 Å². The first-order valence-corrected chi connectivity index (χ1v) is 4.67. The van der Waals surface area contributed by atoms with Crippen molar-refractivity contribution in [2.45, 2.75) is 31.4 Å². The maximum absolute atomic E-state index is 11.5. The van der Waals surface area contributed by atoms with Gasteiger partial charge in [-0.3, -0.25) is 4.79 Å². The molecular weight excluding hydrogens is 168 g/mol. The molecule has 1 aliphatic rings. The molecule has 76 valence electrons. The topological polar surface area (TPSA) is 66.6 Å². The number of nitrogens with two attached hydrogens (primary N) is 1. The number of carbonyl (C=O) groups is 1. The number of aliphatic hydroxyl groups excluding tert-OH is 1. The van der Waals surface area contributed by atoms with Crippen LogP contribution in [0.3, 0.4) is 0 Å². The first-order valence-electron chi connectivity index (χ1n) is 4.67. The fourth-order valence-corrected chi connectivity index (χ4v) is 1.78. The minimum Gasteiger partial charge on any atom is -0.392 e. The first-order chi connectivity index (χ1) is 6.02. The lowest BCUT2D eigenvalue weighted by molar-refractivity contribution is -0.134. The van der Waals surface area contributed by atoms with Crippen LogP contribution in [0.25, 0.3) is 0 Å². The van der Waals surface area contributed by atoms with E-state index in [1.807, 2.05) is 0 Å². The van der Waals surface area contributed by atoms with Crippen LogP contribution >= 0.6 is 0 Å². The number of hydrogen-bond donors (Lipinski definition) is 2. The minimum atomic E-state index is -0.425. The molecule has 0 spiro atoms. The van der Waals surface area contributed by atoms with Crippen LogP contribution in [-0.4, -0.2) is 42.2 Å². The predicted molar refractivity (Wildman–Crippen MR) is 50.0 cm³/mol. The SMILES string of the molecule is CN(C)C(=O)[C@H]1CC[C@@H](O)[C@H](N)C1. The smallest absolute Gasteiger partial charge is 0.225 e. The highest BCUT2D eigenvalue weighted by Crippen LogP contribution is 2.24. The number of carbonyl (C=O) groups excluding carboxylic acids is 1. The van der Waals surface area contributed by atoms with Gasteiger partial charge in [-0.25, -0.2) is 0 Å². The molecule has 0 heterocycles. The van der Waals surface area contributed by atoms with Crippen molar-refractivity contribution in [3.8, 4) is 0 Å². The Morgan fingerprint density at radius 3 is 2.54 bits per heavy atom. The van der Waals surface area contributed by atoms with Gasteiger partial charge < -0.3 is 15.7 Å². The van der Waals surface area contributed by atoms with E-state index in [2.05, 4.69) is 0 Å². The third-order valence-electron chi connectivity index (χ3n) is 2.65. The molecule has 1 saturated carbocycles. The van der Waals surface area contributed by atoms with Crippen LogP contribution in [0.4, 0.5) is 0 Å². The molecule has 13 heavy (non-hydrogen) atoms. The van der Waals surface area contributed by atoms with Crippen LogP contribution in [-0.2, 0) is 4.79 Å². The molecule has 1 fully saturated rings. The van der Waals surface area contributed by atoms with Crippen molar-refractivity contribution < 1.29 is 9.90 Å². The van der Waals surface area contributed by atoms with Crippen LogP contribution in [0.15, 0.2) is 0 Å². The van der Waals surface area contributed by atoms with E-state index in [0.29, 0.717) is 12.8 Å². The summed E-state index contributed by atoms with van der Waals surface area (Å²) in [5.41, 5.74) is 5.69. The van der Waals surface area contributed by atoms with E-state index in [4.69, 9.17) is 5.73 Å². The summed E-state index contributed by atoms with van der Waals surface area (Å²) in [5.74, 6) is 0.135. The normalized spacial score (nSPS) is 34.3. The maximum Gasteiger partial charge on any atom is 0.225 e. The van der Waals surface area contributed by atoms with Gasteiger partial charge >= 0.3 is 0 Å². The molecule has 0 aromatic rings. The molecule has 0 unspecified atom stereocenters. The predicted octanol–water partition coefficient (Wildman–Crippen LogP) is -0.437. The summed E-state index contributed by atoms with van der Waals surface area (Å²) in [6, 6.07) is -0.234. The zero-order chi connectivity index (χ0) is 10.0.